The van der Waals surface area contributed by atoms with Gasteiger partial charge >= 0.3 is 5.17 Å². The summed E-state index contributed by atoms with van der Waals surface area (Å²) in [5.74, 6) is 1.11. The molecular formula is C19H21N2OS+. The molecule has 2 aromatic carbocycles. The average Bonchev–Trinajstić information content (AvgIpc) is 2.91. The summed E-state index contributed by atoms with van der Waals surface area (Å²) in [6.07, 6.45) is 1.10. The van der Waals surface area contributed by atoms with Crippen molar-refractivity contribution in [2.24, 2.45) is 0 Å². The predicted octanol–water partition coefficient (Wildman–Crippen LogP) is 3.17. The van der Waals surface area contributed by atoms with Gasteiger partial charge in [0.1, 0.15) is 5.69 Å². The minimum absolute atomic E-state index is 0.572. The molecule has 0 saturated heterocycles. The molecule has 1 N–H and O–H groups in total. The number of anilines is 1. The molecule has 0 saturated carbocycles. The number of nitrogens with zero attached hydrogens (tertiary/aromatic N) is 2. The van der Waals surface area contributed by atoms with Crippen LogP contribution < -0.4 is 4.90 Å². The average molecular weight is 325 g/mol. The van der Waals surface area contributed by atoms with Crippen LogP contribution in [0.2, 0.25) is 0 Å². The van der Waals surface area contributed by atoms with E-state index in [9.17, 15) is 5.11 Å². The Morgan fingerprint density at radius 2 is 1.96 bits per heavy atom. The van der Waals surface area contributed by atoms with Crippen molar-refractivity contribution >= 4 is 22.6 Å². The second-order valence-electron chi connectivity index (χ2n) is 6.24. The molecule has 0 fully saturated rings. The first-order valence-corrected chi connectivity index (χ1v) is 9.06. The Morgan fingerprint density at radius 3 is 2.74 bits per heavy atom. The van der Waals surface area contributed by atoms with Crippen LogP contribution in [0.1, 0.15) is 17.5 Å². The summed E-state index contributed by atoms with van der Waals surface area (Å²) >= 11 is 1.85. The number of benzene rings is 2. The van der Waals surface area contributed by atoms with Crippen LogP contribution in [0.4, 0.5) is 5.69 Å². The molecular weight excluding hydrogens is 304 g/mol. The van der Waals surface area contributed by atoms with Gasteiger partial charge < -0.3 is 5.11 Å². The summed E-state index contributed by atoms with van der Waals surface area (Å²) < 4.78 is 2.18. The van der Waals surface area contributed by atoms with Gasteiger partial charge in [0.15, 0.2) is 6.54 Å². The second kappa shape index (κ2) is 5.69. The van der Waals surface area contributed by atoms with Crippen LogP contribution in [0.3, 0.4) is 0 Å². The lowest BCUT2D eigenvalue weighted by molar-refractivity contribution is -0.656. The fraction of sp³-hybridized carbons (Fsp3) is 0.316. The van der Waals surface area contributed by atoms with E-state index in [2.05, 4.69) is 40.7 Å². The van der Waals surface area contributed by atoms with Gasteiger partial charge in [0, 0.05) is 11.3 Å². The highest BCUT2D eigenvalue weighted by Crippen LogP contribution is 2.37. The van der Waals surface area contributed by atoms with Crippen molar-refractivity contribution in [1.82, 2.24) is 0 Å². The molecule has 4 heteroatoms. The molecule has 0 radical (unpaired) electrons. The zero-order chi connectivity index (χ0) is 15.9. The SMILES string of the molecule is Cc1cccc(N2C[C@](O)(c3ccccc3)[N+]3=C2SCCC3)c1. The van der Waals surface area contributed by atoms with E-state index in [4.69, 9.17) is 0 Å². The van der Waals surface area contributed by atoms with Crippen molar-refractivity contribution < 1.29 is 9.68 Å². The third kappa shape index (κ3) is 2.46. The minimum Gasteiger partial charge on any atom is -0.346 e. The number of hydrogen-bond acceptors (Lipinski definition) is 3. The van der Waals surface area contributed by atoms with E-state index >= 15 is 0 Å². The van der Waals surface area contributed by atoms with Gasteiger partial charge in [-0.2, -0.15) is 0 Å². The highest BCUT2D eigenvalue weighted by molar-refractivity contribution is 8.13. The number of aryl methyl sites for hydroxylation is 1. The molecule has 0 unspecified atom stereocenters. The molecule has 3 nitrogen and oxygen atoms in total. The van der Waals surface area contributed by atoms with E-state index in [0.717, 1.165) is 30.0 Å². The number of rotatable bonds is 2. The first-order valence-electron chi connectivity index (χ1n) is 8.08. The molecule has 4 rings (SSSR count). The summed E-state index contributed by atoms with van der Waals surface area (Å²) in [6, 6.07) is 18.6. The van der Waals surface area contributed by atoms with E-state index in [1.54, 1.807) is 0 Å². The van der Waals surface area contributed by atoms with E-state index in [0.29, 0.717) is 6.54 Å². The van der Waals surface area contributed by atoms with Gasteiger partial charge in [0.2, 0.25) is 0 Å². The van der Waals surface area contributed by atoms with Crippen molar-refractivity contribution in [3.63, 3.8) is 0 Å². The molecule has 23 heavy (non-hydrogen) atoms. The van der Waals surface area contributed by atoms with Crippen LogP contribution in [0.25, 0.3) is 0 Å². The molecule has 0 aliphatic carbocycles. The molecule has 0 aromatic heterocycles. The lowest BCUT2D eigenvalue weighted by Crippen LogP contribution is -2.41. The molecule has 2 aromatic rings. The van der Waals surface area contributed by atoms with Gasteiger partial charge in [-0.25, -0.2) is 9.48 Å². The number of aliphatic hydroxyl groups is 1. The van der Waals surface area contributed by atoms with E-state index in [-0.39, 0.29) is 0 Å². The summed E-state index contributed by atoms with van der Waals surface area (Å²) in [5, 5.41) is 12.7. The number of β-amino-alcohol motifs (C(OH)–C–C–N with tert-alkyl or cyclic N) is 1. The summed E-state index contributed by atoms with van der Waals surface area (Å²) in [7, 11) is 0. The van der Waals surface area contributed by atoms with E-state index in [1.165, 1.54) is 10.7 Å². The van der Waals surface area contributed by atoms with E-state index < -0.39 is 5.72 Å². The number of hydrogen-bond donors (Lipinski definition) is 1. The van der Waals surface area contributed by atoms with E-state index in [1.807, 2.05) is 42.1 Å². The molecule has 2 heterocycles. The van der Waals surface area contributed by atoms with Crippen LogP contribution in [-0.4, -0.2) is 33.7 Å². The third-order valence-electron chi connectivity index (χ3n) is 4.59. The highest BCUT2D eigenvalue weighted by atomic mass is 32.2. The van der Waals surface area contributed by atoms with Crippen molar-refractivity contribution in [1.29, 1.82) is 0 Å². The topological polar surface area (TPSA) is 26.5 Å². The molecule has 118 valence electrons. The van der Waals surface area contributed by atoms with Gasteiger partial charge in [0.05, 0.1) is 6.54 Å². The van der Waals surface area contributed by atoms with Gasteiger partial charge in [-0.3, -0.25) is 0 Å². The van der Waals surface area contributed by atoms with Gasteiger partial charge in [-0.05, 0) is 42.8 Å². The normalized spacial score (nSPS) is 24.0. The maximum absolute atomic E-state index is 11.5. The monoisotopic (exact) mass is 325 g/mol. The number of amidine groups is 1. The summed E-state index contributed by atoms with van der Waals surface area (Å²) in [6.45, 7) is 3.58. The lowest BCUT2D eigenvalue weighted by atomic mass is 10.0. The Labute approximate surface area is 141 Å². The molecule has 2 aliphatic rings. The summed E-state index contributed by atoms with van der Waals surface area (Å²) in [4.78, 5) is 2.27. The highest BCUT2D eigenvalue weighted by Gasteiger charge is 2.53. The number of thioether (sulfide) groups is 1. The first kappa shape index (κ1) is 14.8. The standard InChI is InChI=1S/C19H21N2OS/c1-15-7-5-10-17(13-15)20-14-19(22,16-8-3-2-4-9-16)21-11-6-12-23-18(20)21/h2-5,7-10,13,22H,6,11-12,14H2,1H3/q+1/t19-/m0/s1. The van der Waals surface area contributed by atoms with Crippen LogP contribution in [0.5, 0.6) is 0 Å². The van der Waals surface area contributed by atoms with Gasteiger partial charge in [0.25, 0.3) is 5.72 Å². The minimum atomic E-state index is -0.951. The Bertz CT molecular complexity index is 759. The molecule has 0 amide bonds. The largest absolute Gasteiger partial charge is 0.346 e. The molecule has 2 aliphatic heterocycles. The van der Waals surface area contributed by atoms with Crippen LogP contribution in [-0.2, 0) is 5.72 Å². The Hall–Kier alpha value is -1.78. The Kier molecular flexibility index (Phi) is 3.66. The predicted molar refractivity (Wildman–Crippen MR) is 96.1 cm³/mol. The van der Waals surface area contributed by atoms with Crippen LogP contribution in [0.15, 0.2) is 54.6 Å². The molecule has 0 spiro atoms. The fourth-order valence-corrected chi connectivity index (χ4v) is 4.63. The first-order chi connectivity index (χ1) is 11.2. The second-order valence-corrected chi connectivity index (χ2v) is 7.31. The van der Waals surface area contributed by atoms with Crippen molar-refractivity contribution in [2.45, 2.75) is 19.1 Å². The maximum atomic E-state index is 11.5. The van der Waals surface area contributed by atoms with Crippen molar-refractivity contribution in [2.75, 3.05) is 23.7 Å². The van der Waals surface area contributed by atoms with Gasteiger partial charge in [-0.1, -0.05) is 42.5 Å². The smallest absolute Gasteiger partial charge is 0.316 e. The summed E-state index contributed by atoms with van der Waals surface area (Å²) in [5.41, 5.74) is 2.42. The Balaban J connectivity index is 1.81. The third-order valence-corrected chi connectivity index (χ3v) is 5.79. The van der Waals surface area contributed by atoms with Crippen molar-refractivity contribution in [3.05, 3.63) is 65.7 Å². The zero-order valence-corrected chi connectivity index (χ0v) is 14.1. The maximum Gasteiger partial charge on any atom is 0.316 e. The molecule has 0 bridgehead atoms. The fourth-order valence-electron chi connectivity index (χ4n) is 3.45. The Morgan fingerprint density at radius 1 is 1.13 bits per heavy atom. The quantitative estimate of drug-likeness (QED) is 0.859. The van der Waals surface area contributed by atoms with Crippen LogP contribution >= 0.6 is 11.8 Å². The lowest BCUT2D eigenvalue weighted by Gasteiger charge is -2.24. The van der Waals surface area contributed by atoms with Gasteiger partial charge in [-0.15, -0.1) is 0 Å². The van der Waals surface area contributed by atoms with Crippen LogP contribution in [0, 0.1) is 6.92 Å². The van der Waals surface area contributed by atoms with Crippen molar-refractivity contribution in [3.8, 4) is 0 Å². The molecule has 1 atom stereocenters. The zero-order valence-electron chi connectivity index (χ0n) is 13.3.